The highest BCUT2D eigenvalue weighted by molar-refractivity contribution is 5.79. The lowest BCUT2D eigenvalue weighted by Crippen LogP contribution is -2.47. The van der Waals surface area contributed by atoms with E-state index in [4.69, 9.17) is 18.9 Å². The van der Waals surface area contributed by atoms with Gasteiger partial charge in [0.1, 0.15) is 17.2 Å². The van der Waals surface area contributed by atoms with Gasteiger partial charge in [-0.3, -0.25) is 4.99 Å². The van der Waals surface area contributed by atoms with Gasteiger partial charge < -0.3 is 29.6 Å². The first-order chi connectivity index (χ1) is 13.6. The third-order valence-electron chi connectivity index (χ3n) is 5.31. The molecule has 2 N–H and O–H groups in total. The summed E-state index contributed by atoms with van der Waals surface area (Å²) < 4.78 is 21.6. The highest BCUT2D eigenvalue weighted by Gasteiger charge is 2.36. The maximum absolute atomic E-state index is 5.82. The molecule has 0 aromatic heterocycles. The maximum atomic E-state index is 5.82. The van der Waals surface area contributed by atoms with Crippen molar-refractivity contribution < 1.29 is 18.9 Å². The molecule has 0 saturated heterocycles. The Kier molecular flexibility index (Phi) is 9.20. The molecular weight excluding hydrogens is 358 g/mol. The van der Waals surface area contributed by atoms with Crippen LogP contribution in [0.25, 0.3) is 0 Å². The quantitative estimate of drug-likeness (QED) is 0.323. The van der Waals surface area contributed by atoms with Crippen molar-refractivity contribution in [1.29, 1.82) is 0 Å². The number of hydrogen-bond donors (Lipinski definition) is 2. The molecule has 2 rings (SSSR count). The molecule has 1 aromatic rings. The van der Waals surface area contributed by atoms with E-state index in [1.54, 1.807) is 28.4 Å². The van der Waals surface area contributed by atoms with Crippen molar-refractivity contribution >= 4 is 5.96 Å². The monoisotopic (exact) mass is 393 g/mol. The van der Waals surface area contributed by atoms with E-state index >= 15 is 0 Å². The van der Waals surface area contributed by atoms with Crippen LogP contribution in [-0.4, -0.2) is 60.6 Å². The van der Waals surface area contributed by atoms with Crippen LogP contribution in [0.15, 0.2) is 23.2 Å². The lowest BCUT2D eigenvalue weighted by atomic mass is 9.67. The van der Waals surface area contributed by atoms with E-state index in [9.17, 15) is 0 Å². The van der Waals surface area contributed by atoms with Crippen LogP contribution < -0.4 is 24.8 Å². The molecule has 0 aliphatic heterocycles. The lowest BCUT2D eigenvalue weighted by Gasteiger charge is -2.42. The molecular formula is C21H35N3O4. The topological polar surface area (TPSA) is 73.3 Å². The molecule has 7 heteroatoms. The summed E-state index contributed by atoms with van der Waals surface area (Å²) in [6.45, 7) is 3.14. The van der Waals surface area contributed by atoms with Crippen LogP contribution in [0.1, 0.15) is 32.1 Å². The minimum atomic E-state index is 0.363. The number of methoxy groups -OCH3 is 3. The molecule has 7 nitrogen and oxygen atoms in total. The van der Waals surface area contributed by atoms with E-state index in [-0.39, 0.29) is 0 Å². The van der Waals surface area contributed by atoms with Gasteiger partial charge in [0, 0.05) is 52.1 Å². The van der Waals surface area contributed by atoms with Crippen LogP contribution in [-0.2, 0) is 4.74 Å². The van der Waals surface area contributed by atoms with Crippen molar-refractivity contribution in [2.45, 2.75) is 32.1 Å². The van der Waals surface area contributed by atoms with E-state index in [2.05, 4.69) is 15.6 Å². The third kappa shape index (κ3) is 6.78. The fourth-order valence-corrected chi connectivity index (χ4v) is 3.34. The molecule has 28 heavy (non-hydrogen) atoms. The van der Waals surface area contributed by atoms with Crippen LogP contribution in [0.4, 0.5) is 0 Å². The highest BCUT2D eigenvalue weighted by atomic mass is 16.5. The summed E-state index contributed by atoms with van der Waals surface area (Å²) in [5, 5.41) is 6.83. The lowest BCUT2D eigenvalue weighted by molar-refractivity contribution is 0.0732. The third-order valence-corrected chi connectivity index (χ3v) is 5.31. The zero-order valence-electron chi connectivity index (χ0n) is 17.7. The Morgan fingerprint density at radius 3 is 2.21 bits per heavy atom. The number of rotatable bonds is 12. The van der Waals surface area contributed by atoms with Crippen LogP contribution in [0.2, 0.25) is 0 Å². The first-order valence-corrected chi connectivity index (χ1v) is 9.94. The van der Waals surface area contributed by atoms with Gasteiger partial charge in [-0.05, 0) is 31.1 Å². The predicted molar refractivity (Wildman–Crippen MR) is 112 cm³/mol. The van der Waals surface area contributed by atoms with E-state index in [0.717, 1.165) is 55.7 Å². The van der Waals surface area contributed by atoms with Crippen molar-refractivity contribution in [3.63, 3.8) is 0 Å². The second-order valence-corrected chi connectivity index (χ2v) is 7.20. The normalized spacial score (nSPS) is 15.5. The first-order valence-electron chi connectivity index (χ1n) is 9.94. The molecule has 0 heterocycles. The average Bonchev–Trinajstić information content (AvgIpc) is 2.70. The number of aliphatic imine (C=N–C) groups is 1. The second kappa shape index (κ2) is 11.6. The van der Waals surface area contributed by atoms with E-state index in [0.29, 0.717) is 12.0 Å². The number of benzene rings is 1. The highest BCUT2D eigenvalue weighted by Crippen LogP contribution is 2.43. The Hall–Kier alpha value is -2.15. The van der Waals surface area contributed by atoms with Crippen molar-refractivity contribution in [3.05, 3.63) is 18.2 Å². The van der Waals surface area contributed by atoms with Crippen molar-refractivity contribution in [2.24, 2.45) is 10.4 Å². The largest absolute Gasteiger partial charge is 0.496 e. The molecule has 0 spiro atoms. The Morgan fingerprint density at radius 1 is 1.00 bits per heavy atom. The molecule has 1 aromatic carbocycles. The summed E-state index contributed by atoms with van der Waals surface area (Å²) in [4.78, 5) is 4.32. The van der Waals surface area contributed by atoms with E-state index < -0.39 is 0 Å². The SMILES string of the molecule is CN=C(NCCCOc1cc(OC)cc(OC)c1)NCC1(CCOC)CCC1. The summed E-state index contributed by atoms with van der Waals surface area (Å²) in [6, 6.07) is 5.54. The fourth-order valence-electron chi connectivity index (χ4n) is 3.34. The Bertz CT molecular complexity index is 595. The summed E-state index contributed by atoms with van der Waals surface area (Å²) in [6.07, 6.45) is 5.79. The number of ether oxygens (including phenoxy) is 4. The van der Waals surface area contributed by atoms with E-state index in [1.807, 2.05) is 18.2 Å². The summed E-state index contributed by atoms with van der Waals surface area (Å²) >= 11 is 0. The van der Waals surface area contributed by atoms with Gasteiger partial charge in [-0.25, -0.2) is 0 Å². The maximum Gasteiger partial charge on any atom is 0.190 e. The van der Waals surface area contributed by atoms with Gasteiger partial charge in [0.2, 0.25) is 0 Å². The van der Waals surface area contributed by atoms with Crippen molar-refractivity contribution in [2.75, 3.05) is 54.7 Å². The fraction of sp³-hybridized carbons (Fsp3) is 0.667. The number of nitrogens with one attached hydrogen (secondary N) is 2. The molecule has 1 aliphatic carbocycles. The Labute approximate surface area is 168 Å². The predicted octanol–water partition coefficient (Wildman–Crippen LogP) is 2.84. The smallest absolute Gasteiger partial charge is 0.190 e. The summed E-state index contributed by atoms with van der Waals surface area (Å²) in [7, 11) is 6.83. The molecule has 1 aliphatic rings. The van der Waals surface area contributed by atoms with Gasteiger partial charge in [0.15, 0.2) is 5.96 Å². The molecule has 0 atom stereocenters. The minimum absolute atomic E-state index is 0.363. The molecule has 0 bridgehead atoms. The molecule has 0 radical (unpaired) electrons. The van der Waals surface area contributed by atoms with Crippen LogP contribution >= 0.6 is 0 Å². The van der Waals surface area contributed by atoms with Gasteiger partial charge in [-0.2, -0.15) is 0 Å². The molecule has 0 unspecified atom stereocenters. The standard InChI is InChI=1S/C21H35N3O4/c1-22-20(24-16-21(7-5-8-21)9-12-25-2)23-10-6-11-28-19-14-17(26-3)13-18(15-19)27-4/h13-15H,5-12,16H2,1-4H3,(H2,22,23,24). The zero-order valence-corrected chi connectivity index (χ0v) is 17.7. The number of hydrogen-bond acceptors (Lipinski definition) is 5. The molecule has 1 fully saturated rings. The van der Waals surface area contributed by atoms with Crippen LogP contribution in [0.3, 0.4) is 0 Å². The van der Waals surface area contributed by atoms with Crippen molar-refractivity contribution in [1.82, 2.24) is 10.6 Å². The molecule has 0 amide bonds. The van der Waals surface area contributed by atoms with Gasteiger partial charge in [-0.1, -0.05) is 6.42 Å². The van der Waals surface area contributed by atoms with Gasteiger partial charge in [-0.15, -0.1) is 0 Å². The molecule has 1 saturated carbocycles. The number of nitrogens with zero attached hydrogens (tertiary/aromatic N) is 1. The number of guanidine groups is 1. The Morgan fingerprint density at radius 2 is 1.68 bits per heavy atom. The van der Waals surface area contributed by atoms with Crippen molar-refractivity contribution in [3.8, 4) is 17.2 Å². The zero-order chi connectivity index (χ0) is 20.2. The van der Waals surface area contributed by atoms with Gasteiger partial charge in [0.25, 0.3) is 0 Å². The average molecular weight is 394 g/mol. The molecule has 158 valence electrons. The minimum Gasteiger partial charge on any atom is -0.496 e. The summed E-state index contributed by atoms with van der Waals surface area (Å²) in [5.41, 5.74) is 0.363. The van der Waals surface area contributed by atoms with Gasteiger partial charge >= 0.3 is 0 Å². The van der Waals surface area contributed by atoms with Crippen LogP contribution in [0.5, 0.6) is 17.2 Å². The first kappa shape index (κ1) is 22.1. The second-order valence-electron chi connectivity index (χ2n) is 7.20. The summed E-state index contributed by atoms with van der Waals surface area (Å²) in [5.74, 6) is 3.02. The van der Waals surface area contributed by atoms with Gasteiger partial charge in [0.05, 0.1) is 20.8 Å². The Balaban J connectivity index is 1.68. The van der Waals surface area contributed by atoms with E-state index in [1.165, 1.54) is 19.3 Å². The van der Waals surface area contributed by atoms with Crippen LogP contribution in [0, 0.1) is 5.41 Å².